The Morgan fingerprint density at radius 1 is 1.42 bits per heavy atom. The van der Waals surface area contributed by atoms with Crippen LogP contribution < -0.4 is 0 Å². The van der Waals surface area contributed by atoms with E-state index in [0.29, 0.717) is 0 Å². The van der Waals surface area contributed by atoms with Gasteiger partial charge in [-0.25, -0.2) is 0 Å². The highest BCUT2D eigenvalue weighted by molar-refractivity contribution is 5.87. The molecule has 0 bridgehead atoms. The fourth-order valence-electron chi connectivity index (χ4n) is 1.02. The van der Waals surface area contributed by atoms with Crippen LogP contribution in [0.1, 0.15) is 26.2 Å². The third kappa shape index (κ3) is 2.49. The van der Waals surface area contributed by atoms with E-state index < -0.39 is 11.9 Å². The Balaban J connectivity index is 2.61. The lowest BCUT2D eigenvalue weighted by Crippen LogP contribution is -2.17. The van der Waals surface area contributed by atoms with Crippen molar-refractivity contribution in [3.63, 3.8) is 0 Å². The summed E-state index contributed by atoms with van der Waals surface area (Å²) in [6.45, 7) is 1.77. The molecular formula is C9H12O3. The predicted octanol–water partition coefficient (Wildman–Crippen LogP) is 1.43. The van der Waals surface area contributed by atoms with Gasteiger partial charge in [-0.15, -0.1) is 0 Å². The van der Waals surface area contributed by atoms with E-state index in [1.54, 1.807) is 13.0 Å². The molecule has 0 spiro atoms. The van der Waals surface area contributed by atoms with Gasteiger partial charge in [0.15, 0.2) is 0 Å². The summed E-state index contributed by atoms with van der Waals surface area (Å²) in [5.74, 6) is -1.02. The molecule has 3 heteroatoms. The number of ether oxygens (including phenoxy) is 1. The van der Waals surface area contributed by atoms with Crippen LogP contribution in [0.25, 0.3) is 0 Å². The molecule has 0 aromatic rings. The molecule has 1 aliphatic rings. The maximum atomic E-state index is 11.1. The Labute approximate surface area is 71.4 Å². The second kappa shape index (κ2) is 4.04. The third-order valence-electron chi connectivity index (χ3n) is 1.83. The molecular weight excluding hydrogens is 156 g/mol. The average molecular weight is 168 g/mol. The van der Waals surface area contributed by atoms with Crippen molar-refractivity contribution in [3.8, 4) is 0 Å². The summed E-state index contributed by atoms with van der Waals surface area (Å²) in [6.07, 6.45) is 5.45. The number of carbonyl (C=O) groups excluding carboxylic acids is 2. The fourth-order valence-corrected chi connectivity index (χ4v) is 1.02. The van der Waals surface area contributed by atoms with Crippen LogP contribution in [0.15, 0.2) is 12.2 Å². The highest BCUT2D eigenvalue weighted by Gasteiger charge is 2.17. The lowest BCUT2D eigenvalue weighted by Gasteiger charge is -2.06. The van der Waals surface area contributed by atoms with Gasteiger partial charge in [0.05, 0.1) is 12.3 Å². The first-order valence-corrected chi connectivity index (χ1v) is 4.09. The van der Waals surface area contributed by atoms with Gasteiger partial charge in [-0.2, -0.15) is 0 Å². The standard InChI is InChI=1S/C9H12O3/c1-7-5-3-2-4-6-8(10)12-9(7)11/h2,4,7H,3,5-6H2,1H3. The molecule has 0 saturated heterocycles. The number of hydrogen-bond donors (Lipinski definition) is 0. The van der Waals surface area contributed by atoms with E-state index in [1.807, 2.05) is 6.08 Å². The smallest absolute Gasteiger partial charge is 0.317 e. The van der Waals surface area contributed by atoms with Crippen LogP contribution in [0.4, 0.5) is 0 Å². The molecule has 12 heavy (non-hydrogen) atoms. The van der Waals surface area contributed by atoms with Gasteiger partial charge in [-0.05, 0) is 12.8 Å². The van der Waals surface area contributed by atoms with E-state index in [-0.39, 0.29) is 12.3 Å². The van der Waals surface area contributed by atoms with E-state index in [9.17, 15) is 9.59 Å². The summed E-state index contributed by atoms with van der Waals surface area (Å²) in [5, 5.41) is 0. The van der Waals surface area contributed by atoms with Crippen LogP contribution in [0.5, 0.6) is 0 Å². The summed E-state index contributed by atoms with van der Waals surface area (Å²) in [4.78, 5) is 21.9. The van der Waals surface area contributed by atoms with Crippen molar-refractivity contribution in [2.75, 3.05) is 0 Å². The van der Waals surface area contributed by atoms with Crippen molar-refractivity contribution < 1.29 is 14.3 Å². The number of allylic oxidation sites excluding steroid dienone is 1. The maximum Gasteiger partial charge on any atom is 0.317 e. The van der Waals surface area contributed by atoms with E-state index >= 15 is 0 Å². The Morgan fingerprint density at radius 3 is 2.92 bits per heavy atom. The molecule has 0 saturated carbocycles. The van der Waals surface area contributed by atoms with Crippen LogP contribution >= 0.6 is 0 Å². The van der Waals surface area contributed by atoms with Crippen molar-refractivity contribution in [3.05, 3.63) is 12.2 Å². The zero-order valence-corrected chi connectivity index (χ0v) is 7.08. The van der Waals surface area contributed by atoms with Gasteiger partial charge in [0.2, 0.25) is 0 Å². The monoisotopic (exact) mass is 168 g/mol. The van der Waals surface area contributed by atoms with Gasteiger partial charge in [0, 0.05) is 0 Å². The number of carbonyl (C=O) groups is 2. The van der Waals surface area contributed by atoms with Crippen LogP contribution in [-0.2, 0) is 14.3 Å². The van der Waals surface area contributed by atoms with Crippen molar-refractivity contribution in [2.45, 2.75) is 26.2 Å². The van der Waals surface area contributed by atoms with E-state index in [1.165, 1.54) is 0 Å². The summed E-state index contributed by atoms with van der Waals surface area (Å²) in [7, 11) is 0. The van der Waals surface area contributed by atoms with Crippen molar-refractivity contribution >= 4 is 11.9 Å². The molecule has 0 N–H and O–H groups in total. The Bertz CT molecular complexity index is 218. The molecule has 0 fully saturated rings. The number of esters is 2. The largest absolute Gasteiger partial charge is 0.393 e. The minimum absolute atomic E-state index is 0.170. The summed E-state index contributed by atoms with van der Waals surface area (Å²) in [6, 6.07) is 0. The number of hydrogen-bond acceptors (Lipinski definition) is 3. The first-order chi connectivity index (χ1) is 5.70. The molecule has 0 aromatic carbocycles. The quantitative estimate of drug-likeness (QED) is 0.312. The number of cyclic esters (lactones) is 2. The topological polar surface area (TPSA) is 43.4 Å². The Morgan fingerprint density at radius 2 is 2.17 bits per heavy atom. The van der Waals surface area contributed by atoms with Gasteiger partial charge in [-0.1, -0.05) is 19.1 Å². The van der Waals surface area contributed by atoms with Gasteiger partial charge in [0.25, 0.3) is 0 Å². The third-order valence-corrected chi connectivity index (χ3v) is 1.83. The lowest BCUT2D eigenvalue weighted by atomic mass is 10.1. The maximum absolute atomic E-state index is 11.1. The first kappa shape index (κ1) is 8.97. The molecule has 0 radical (unpaired) electrons. The highest BCUT2D eigenvalue weighted by atomic mass is 16.6. The van der Waals surface area contributed by atoms with Crippen LogP contribution in [0.2, 0.25) is 0 Å². The predicted molar refractivity (Wildman–Crippen MR) is 43.3 cm³/mol. The minimum Gasteiger partial charge on any atom is -0.393 e. The van der Waals surface area contributed by atoms with E-state index in [2.05, 4.69) is 4.74 Å². The molecule has 0 amide bonds. The minimum atomic E-state index is -0.454. The van der Waals surface area contributed by atoms with Crippen LogP contribution in [0, 0.1) is 5.92 Å². The summed E-state index contributed by atoms with van der Waals surface area (Å²) in [5.41, 5.74) is 0. The summed E-state index contributed by atoms with van der Waals surface area (Å²) < 4.78 is 4.55. The Hall–Kier alpha value is -1.12. The molecule has 3 nitrogen and oxygen atoms in total. The average Bonchev–Trinajstić information content (AvgIpc) is 2.07. The van der Waals surface area contributed by atoms with E-state index in [4.69, 9.17) is 0 Å². The Kier molecular flexibility index (Phi) is 3.02. The van der Waals surface area contributed by atoms with Crippen molar-refractivity contribution in [1.29, 1.82) is 0 Å². The van der Waals surface area contributed by atoms with E-state index in [0.717, 1.165) is 12.8 Å². The molecule has 1 aliphatic heterocycles. The second-order valence-electron chi connectivity index (χ2n) is 2.95. The lowest BCUT2D eigenvalue weighted by molar-refractivity contribution is -0.161. The van der Waals surface area contributed by atoms with Gasteiger partial charge < -0.3 is 4.74 Å². The molecule has 1 atom stereocenters. The fraction of sp³-hybridized carbons (Fsp3) is 0.556. The zero-order valence-electron chi connectivity index (χ0n) is 7.08. The second-order valence-corrected chi connectivity index (χ2v) is 2.95. The summed E-state index contributed by atoms with van der Waals surface area (Å²) >= 11 is 0. The molecule has 1 heterocycles. The molecule has 1 unspecified atom stereocenters. The SMILES string of the molecule is CC1CCC=CCC(=O)OC1=O. The molecule has 66 valence electrons. The first-order valence-electron chi connectivity index (χ1n) is 4.09. The highest BCUT2D eigenvalue weighted by Crippen LogP contribution is 2.11. The number of rotatable bonds is 0. The van der Waals surface area contributed by atoms with Crippen molar-refractivity contribution in [2.24, 2.45) is 5.92 Å². The van der Waals surface area contributed by atoms with Gasteiger partial charge in [0.1, 0.15) is 0 Å². The normalized spacial score (nSPS) is 25.6. The van der Waals surface area contributed by atoms with Gasteiger partial charge in [-0.3, -0.25) is 9.59 Å². The molecule has 0 aromatic heterocycles. The molecule has 0 aliphatic carbocycles. The van der Waals surface area contributed by atoms with Crippen molar-refractivity contribution in [1.82, 2.24) is 0 Å². The van der Waals surface area contributed by atoms with Gasteiger partial charge >= 0.3 is 11.9 Å². The zero-order chi connectivity index (χ0) is 8.97. The molecule has 1 rings (SSSR count). The van der Waals surface area contributed by atoms with Crippen LogP contribution in [0.3, 0.4) is 0 Å². The van der Waals surface area contributed by atoms with Crippen LogP contribution in [-0.4, -0.2) is 11.9 Å².